The van der Waals surface area contributed by atoms with Gasteiger partial charge >= 0.3 is 6.03 Å². The summed E-state index contributed by atoms with van der Waals surface area (Å²) in [5, 5.41) is 6.06. The Hall–Kier alpha value is -3.49. The van der Waals surface area contributed by atoms with E-state index in [1.807, 2.05) is 30.5 Å². The Kier molecular flexibility index (Phi) is 6.63. The number of benzene rings is 2. The molecule has 2 N–H and O–H groups in total. The van der Waals surface area contributed by atoms with Crippen molar-refractivity contribution < 1.29 is 9.53 Å². The number of hydrogen-bond acceptors (Lipinski definition) is 5. The molecule has 0 spiro atoms. The number of pyridine rings is 1. The van der Waals surface area contributed by atoms with Gasteiger partial charge in [-0.2, -0.15) is 0 Å². The van der Waals surface area contributed by atoms with Gasteiger partial charge < -0.3 is 15.4 Å². The molecule has 0 radical (unpaired) electrons. The van der Waals surface area contributed by atoms with E-state index < -0.39 is 6.03 Å². The molecule has 0 fully saturated rings. The second-order valence-electron chi connectivity index (χ2n) is 6.76. The summed E-state index contributed by atoms with van der Waals surface area (Å²) in [5.41, 5.74) is 1.86. The van der Waals surface area contributed by atoms with Gasteiger partial charge in [0.1, 0.15) is 18.0 Å². The average molecular weight is 467 g/mol. The molecule has 2 heterocycles. The van der Waals surface area contributed by atoms with E-state index in [-0.39, 0.29) is 12.2 Å². The first-order valence-electron chi connectivity index (χ1n) is 9.63. The largest absolute Gasteiger partial charge is 0.485 e. The van der Waals surface area contributed by atoms with E-state index in [0.29, 0.717) is 33.5 Å². The summed E-state index contributed by atoms with van der Waals surface area (Å²) in [6.07, 6.45) is 3.49. The Balaban J connectivity index is 1.46. The maximum atomic E-state index is 12.5. The molecule has 0 saturated carbocycles. The number of thioether (sulfide) groups is 1. The Morgan fingerprint density at radius 3 is 2.78 bits per heavy atom. The second-order valence-corrected chi connectivity index (χ2v) is 8.07. The van der Waals surface area contributed by atoms with Crippen LogP contribution < -0.4 is 20.9 Å². The van der Waals surface area contributed by atoms with Crippen LogP contribution in [0.1, 0.15) is 5.69 Å². The molecular weight excluding hydrogens is 448 g/mol. The highest BCUT2D eigenvalue weighted by Gasteiger charge is 2.10. The lowest BCUT2D eigenvalue weighted by molar-refractivity contribution is 0.261. The minimum absolute atomic E-state index is 0.0600. The van der Waals surface area contributed by atoms with Crippen molar-refractivity contribution in [2.24, 2.45) is 0 Å². The molecule has 2 aromatic heterocycles. The number of carbonyl (C=O) groups excluding carboxylic acids is 1. The number of para-hydroxylation sites is 2. The number of nitrogens with zero attached hydrogens (tertiary/aromatic N) is 2. The van der Waals surface area contributed by atoms with Gasteiger partial charge in [0.2, 0.25) is 0 Å². The molecule has 0 bridgehead atoms. The first-order chi connectivity index (χ1) is 15.5. The molecule has 32 heavy (non-hydrogen) atoms. The number of fused-ring (bicyclic) bond motifs is 1. The van der Waals surface area contributed by atoms with E-state index in [1.165, 1.54) is 16.7 Å². The van der Waals surface area contributed by atoms with Crippen molar-refractivity contribution in [3.05, 3.63) is 94.0 Å². The molecule has 0 aliphatic rings. The molecule has 0 unspecified atom stereocenters. The van der Waals surface area contributed by atoms with Gasteiger partial charge in [0, 0.05) is 22.8 Å². The van der Waals surface area contributed by atoms with Gasteiger partial charge in [0.05, 0.1) is 16.4 Å². The fraction of sp³-hybridized carbons (Fsp3) is 0.0870. The standard InChI is InChI=1S/C23H19ClN4O3S/c1-32-18-6-4-5-16(11-18)26-23(30)27-19-7-2-3-8-20(19)31-14-17-12-22(29)28-13-15(24)9-10-21(28)25-17/h2-13H,14H2,1H3,(H2,26,27,30). The highest BCUT2D eigenvalue weighted by molar-refractivity contribution is 7.98. The van der Waals surface area contributed by atoms with E-state index >= 15 is 0 Å². The van der Waals surface area contributed by atoms with Crippen LogP contribution in [0.5, 0.6) is 5.75 Å². The fourth-order valence-corrected chi connectivity index (χ4v) is 3.65. The SMILES string of the molecule is CSc1cccc(NC(=O)Nc2ccccc2OCc2cc(=O)n3cc(Cl)ccc3n2)c1. The maximum absolute atomic E-state index is 12.5. The minimum atomic E-state index is -0.391. The van der Waals surface area contributed by atoms with E-state index in [9.17, 15) is 9.59 Å². The molecule has 2 amide bonds. The van der Waals surface area contributed by atoms with E-state index in [4.69, 9.17) is 16.3 Å². The number of aromatic nitrogens is 2. The zero-order valence-corrected chi connectivity index (χ0v) is 18.6. The molecule has 0 atom stereocenters. The third-order valence-corrected chi connectivity index (χ3v) is 5.46. The lowest BCUT2D eigenvalue weighted by Gasteiger charge is -2.13. The average Bonchev–Trinajstić information content (AvgIpc) is 2.79. The topological polar surface area (TPSA) is 84.7 Å². The minimum Gasteiger partial charge on any atom is -0.485 e. The first kappa shape index (κ1) is 21.7. The summed E-state index contributed by atoms with van der Waals surface area (Å²) in [4.78, 5) is 30.3. The van der Waals surface area contributed by atoms with Crippen molar-refractivity contribution in [3.8, 4) is 5.75 Å². The number of halogens is 1. The lowest BCUT2D eigenvalue weighted by Crippen LogP contribution is -2.20. The molecule has 4 aromatic rings. The number of nitrogens with one attached hydrogen (secondary N) is 2. The van der Waals surface area contributed by atoms with Gasteiger partial charge in [-0.15, -0.1) is 11.8 Å². The van der Waals surface area contributed by atoms with Crippen LogP contribution in [0, 0.1) is 0 Å². The number of ether oxygens (including phenoxy) is 1. The summed E-state index contributed by atoms with van der Waals surface area (Å²) >= 11 is 7.54. The van der Waals surface area contributed by atoms with Crippen LogP contribution in [0.15, 0.2) is 82.6 Å². The van der Waals surface area contributed by atoms with Crippen LogP contribution in [0.4, 0.5) is 16.2 Å². The van der Waals surface area contributed by atoms with Crippen molar-refractivity contribution in [2.45, 2.75) is 11.5 Å². The predicted molar refractivity (Wildman–Crippen MR) is 128 cm³/mol. The van der Waals surface area contributed by atoms with Gasteiger partial charge in [-0.05, 0) is 48.7 Å². The summed E-state index contributed by atoms with van der Waals surface area (Å²) in [5.74, 6) is 0.457. The molecule has 0 aliphatic heterocycles. The molecule has 0 aliphatic carbocycles. The summed E-state index contributed by atoms with van der Waals surface area (Å²) < 4.78 is 7.23. The third-order valence-electron chi connectivity index (χ3n) is 4.51. The molecule has 9 heteroatoms. The maximum Gasteiger partial charge on any atom is 0.323 e. The van der Waals surface area contributed by atoms with Crippen molar-refractivity contribution in [1.29, 1.82) is 0 Å². The monoisotopic (exact) mass is 466 g/mol. The zero-order chi connectivity index (χ0) is 22.5. The van der Waals surface area contributed by atoms with Crippen molar-refractivity contribution >= 4 is 46.4 Å². The molecule has 4 rings (SSSR count). The van der Waals surface area contributed by atoms with E-state index in [1.54, 1.807) is 48.2 Å². The van der Waals surface area contributed by atoms with E-state index in [0.717, 1.165) is 4.90 Å². The normalized spacial score (nSPS) is 10.7. The van der Waals surface area contributed by atoms with Crippen LogP contribution in [-0.2, 0) is 6.61 Å². The molecular formula is C23H19ClN4O3S. The Labute approximate surface area is 193 Å². The number of carbonyl (C=O) groups is 1. The van der Waals surface area contributed by atoms with Crippen LogP contribution in [0.25, 0.3) is 5.65 Å². The third kappa shape index (κ3) is 5.22. The summed E-state index contributed by atoms with van der Waals surface area (Å²) in [6.45, 7) is 0.0600. The number of anilines is 2. The van der Waals surface area contributed by atoms with Crippen LogP contribution in [-0.4, -0.2) is 21.7 Å². The Morgan fingerprint density at radius 2 is 1.94 bits per heavy atom. The van der Waals surface area contributed by atoms with Crippen molar-refractivity contribution in [3.63, 3.8) is 0 Å². The highest BCUT2D eigenvalue weighted by Crippen LogP contribution is 2.25. The lowest BCUT2D eigenvalue weighted by atomic mass is 10.3. The second kappa shape index (κ2) is 9.76. The molecule has 0 saturated heterocycles. The van der Waals surface area contributed by atoms with Gasteiger partial charge in [-0.25, -0.2) is 9.78 Å². The quantitative estimate of drug-likeness (QED) is 0.377. The van der Waals surface area contributed by atoms with Gasteiger partial charge in [-0.1, -0.05) is 29.8 Å². The fourth-order valence-electron chi connectivity index (χ4n) is 3.03. The molecule has 162 valence electrons. The first-order valence-corrected chi connectivity index (χ1v) is 11.2. The predicted octanol–water partition coefficient (Wildman–Crippen LogP) is 5.29. The number of amides is 2. The van der Waals surface area contributed by atoms with Gasteiger partial charge in [0.25, 0.3) is 5.56 Å². The Morgan fingerprint density at radius 1 is 1.09 bits per heavy atom. The highest BCUT2D eigenvalue weighted by atomic mass is 35.5. The van der Waals surface area contributed by atoms with E-state index in [2.05, 4.69) is 15.6 Å². The zero-order valence-electron chi connectivity index (χ0n) is 17.0. The van der Waals surface area contributed by atoms with Crippen LogP contribution in [0.2, 0.25) is 5.02 Å². The number of hydrogen-bond donors (Lipinski definition) is 2. The number of urea groups is 1. The van der Waals surface area contributed by atoms with Gasteiger partial charge in [-0.3, -0.25) is 9.20 Å². The van der Waals surface area contributed by atoms with Crippen molar-refractivity contribution in [2.75, 3.05) is 16.9 Å². The van der Waals surface area contributed by atoms with Crippen LogP contribution >= 0.6 is 23.4 Å². The van der Waals surface area contributed by atoms with Crippen molar-refractivity contribution in [1.82, 2.24) is 9.38 Å². The van der Waals surface area contributed by atoms with Gasteiger partial charge in [0.15, 0.2) is 0 Å². The number of rotatable bonds is 6. The summed E-state index contributed by atoms with van der Waals surface area (Å²) in [6, 6.07) is 19.0. The molecule has 2 aromatic carbocycles. The smallest absolute Gasteiger partial charge is 0.323 e. The Bertz CT molecular complexity index is 1340. The summed E-state index contributed by atoms with van der Waals surface area (Å²) in [7, 11) is 0. The van der Waals surface area contributed by atoms with Crippen LogP contribution in [0.3, 0.4) is 0 Å². The molecule has 7 nitrogen and oxygen atoms in total.